The lowest BCUT2D eigenvalue weighted by Crippen LogP contribution is -2.09. The number of nitrogens with zero attached hydrogens (tertiary/aromatic N) is 1. The van der Waals surface area contributed by atoms with Crippen molar-refractivity contribution in [1.82, 2.24) is 0 Å². The predicted molar refractivity (Wildman–Crippen MR) is 70.1 cm³/mol. The lowest BCUT2D eigenvalue weighted by molar-refractivity contribution is 0.486. The average molecular weight is 273 g/mol. The molecule has 0 N–H and O–H groups in total. The van der Waals surface area contributed by atoms with E-state index in [1.54, 1.807) is 24.3 Å². The Labute approximate surface area is 112 Å². The molecule has 0 spiro atoms. The fourth-order valence-corrected chi connectivity index (χ4v) is 2.39. The topological polar surface area (TPSA) is 67.2 Å². The third kappa shape index (κ3) is 3.12. The summed E-state index contributed by atoms with van der Waals surface area (Å²) in [6, 6.07) is 14.2. The fourth-order valence-electron chi connectivity index (χ4n) is 1.46. The van der Waals surface area contributed by atoms with Crippen LogP contribution in [0.25, 0.3) is 0 Å². The molecule has 4 nitrogen and oxygen atoms in total. The molecule has 0 saturated heterocycles. The van der Waals surface area contributed by atoms with Gasteiger partial charge in [-0.1, -0.05) is 17.7 Å². The Morgan fingerprint density at radius 3 is 2.11 bits per heavy atom. The van der Waals surface area contributed by atoms with Gasteiger partial charge in [0.15, 0.2) is 0 Å². The molecule has 0 aliphatic heterocycles. The van der Waals surface area contributed by atoms with E-state index in [0.29, 0.717) is 5.56 Å². The van der Waals surface area contributed by atoms with Crippen LogP contribution in [0, 0.1) is 18.3 Å². The Balaban J connectivity index is 2.27. The summed E-state index contributed by atoms with van der Waals surface area (Å²) in [5, 5.41) is 8.66. The standard InChI is InChI=1S/C14H11NO3S/c1-11-2-6-13(7-3-11)18-19(16,17)14-8-4-12(10-15)5-9-14/h2-9H,1H3. The van der Waals surface area contributed by atoms with Gasteiger partial charge in [0.2, 0.25) is 0 Å². The second kappa shape index (κ2) is 5.12. The Hall–Kier alpha value is -2.32. The van der Waals surface area contributed by atoms with Gasteiger partial charge in [0.25, 0.3) is 0 Å². The lowest BCUT2D eigenvalue weighted by atomic mass is 10.2. The normalized spacial score (nSPS) is 10.7. The monoisotopic (exact) mass is 273 g/mol. The van der Waals surface area contributed by atoms with Crippen LogP contribution in [0.2, 0.25) is 0 Å². The van der Waals surface area contributed by atoms with Gasteiger partial charge >= 0.3 is 10.1 Å². The largest absolute Gasteiger partial charge is 0.379 e. The maximum Gasteiger partial charge on any atom is 0.339 e. The van der Waals surface area contributed by atoms with E-state index < -0.39 is 10.1 Å². The summed E-state index contributed by atoms with van der Waals surface area (Å²) >= 11 is 0. The van der Waals surface area contributed by atoms with Crippen LogP contribution < -0.4 is 4.18 Å². The molecule has 0 heterocycles. The minimum Gasteiger partial charge on any atom is -0.379 e. The molecular weight excluding hydrogens is 262 g/mol. The Bertz CT molecular complexity index is 711. The smallest absolute Gasteiger partial charge is 0.339 e. The molecule has 0 amide bonds. The maximum absolute atomic E-state index is 12.0. The average Bonchev–Trinajstić information content (AvgIpc) is 2.41. The highest BCUT2D eigenvalue weighted by Crippen LogP contribution is 2.19. The number of rotatable bonds is 3. The number of nitriles is 1. The summed E-state index contributed by atoms with van der Waals surface area (Å²) in [5.74, 6) is 0.259. The zero-order chi connectivity index (χ0) is 13.9. The van der Waals surface area contributed by atoms with Gasteiger partial charge in [0, 0.05) is 0 Å². The fraction of sp³-hybridized carbons (Fsp3) is 0.0714. The van der Waals surface area contributed by atoms with Crippen molar-refractivity contribution >= 4 is 10.1 Å². The minimum atomic E-state index is -3.86. The molecule has 0 aliphatic carbocycles. The van der Waals surface area contributed by atoms with Crippen molar-refractivity contribution in [2.75, 3.05) is 0 Å². The molecule has 2 aromatic carbocycles. The first-order valence-corrected chi connectivity index (χ1v) is 6.93. The second-order valence-corrected chi connectivity index (χ2v) is 5.53. The summed E-state index contributed by atoms with van der Waals surface area (Å²) < 4.78 is 29.0. The van der Waals surface area contributed by atoms with E-state index in [0.717, 1.165) is 5.56 Å². The summed E-state index contributed by atoms with van der Waals surface area (Å²) in [7, 11) is -3.86. The van der Waals surface area contributed by atoms with Crippen molar-refractivity contribution in [2.24, 2.45) is 0 Å². The van der Waals surface area contributed by atoms with E-state index in [1.165, 1.54) is 24.3 Å². The Morgan fingerprint density at radius 2 is 1.58 bits per heavy atom. The van der Waals surface area contributed by atoms with E-state index in [2.05, 4.69) is 0 Å². The van der Waals surface area contributed by atoms with Gasteiger partial charge in [0.1, 0.15) is 10.6 Å². The summed E-state index contributed by atoms with van der Waals surface area (Å²) in [6.07, 6.45) is 0. The van der Waals surface area contributed by atoms with Crippen molar-refractivity contribution in [3.63, 3.8) is 0 Å². The minimum absolute atomic E-state index is 0.0204. The SMILES string of the molecule is Cc1ccc(OS(=O)(=O)c2ccc(C#N)cc2)cc1. The summed E-state index contributed by atoms with van der Waals surface area (Å²) in [4.78, 5) is 0.0204. The molecule has 0 saturated carbocycles. The molecule has 0 aliphatic rings. The van der Waals surface area contributed by atoms with Crippen molar-refractivity contribution in [2.45, 2.75) is 11.8 Å². The van der Waals surface area contributed by atoms with E-state index in [4.69, 9.17) is 9.44 Å². The second-order valence-electron chi connectivity index (χ2n) is 3.99. The number of hydrogen-bond acceptors (Lipinski definition) is 4. The summed E-state index contributed by atoms with van der Waals surface area (Å²) in [6.45, 7) is 1.90. The van der Waals surface area contributed by atoms with Gasteiger partial charge < -0.3 is 4.18 Å². The Morgan fingerprint density at radius 1 is 1.00 bits per heavy atom. The zero-order valence-corrected chi connectivity index (χ0v) is 11.0. The predicted octanol–water partition coefficient (Wildman–Crippen LogP) is 2.63. The first-order valence-electron chi connectivity index (χ1n) is 5.52. The molecule has 5 heteroatoms. The van der Waals surface area contributed by atoms with Gasteiger partial charge in [-0.05, 0) is 43.3 Å². The van der Waals surface area contributed by atoms with Gasteiger partial charge in [-0.3, -0.25) is 0 Å². The number of hydrogen-bond donors (Lipinski definition) is 0. The molecule has 19 heavy (non-hydrogen) atoms. The highest BCUT2D eigenvalue weighted by Gasteiger charge is 2.16. The first-order chi connectivity index (χ1) is 9.01. The van der Waals surface area contributed by atoms with Gasteiger partial charge in [-0.15, -0.1) is 0 Å². The van der Waals surface area contributed by atoms with Gasteiger partial charge in [-0.25, -0.2) is 0 Å². The van der Waals surface area contributed by atoms with Crippen LogP contribution in [-0.4, -0.2) is 8.42 Å². The molecule has 2 aromatic rings. The number of benzene rings is 2. The Kier molecular flexibility index (Phi) is 3.54. The van der Waals surface area contributed by atoms with E-state index in [9.17, 15) is 8.42 Å². The molecule has 96 valence electrons. The van der Waals surface area contributed by atoms with E-state index in [-0.39, 0.29) is 10.6 Å². The highest BCUT2D eigenvalue weighted by molar-refractivity contribution is 7.87. The molecule has 0 radical (unpaired) electrons. The molecule has 0 bridgehead atoms. The molecule has 0 fully saturated rings. The highest BCUT2D eigenvalue weighted by atomic mass is 32.2. The molecule has 0 atom stereocenters. The van der Waals surface area contributed by atoms with Crippen LogP contribution in [-0.2, 0) is 10.1 Å². The molecule has 0 aromatic heterocycles. The van der Waals surface area contributed by atoms with Gasteiger partial charge in [0.05, 0.1) is 11.6 Å². The van der Waals surface area contributed by atoms with Crippen LogP contribution in [0.5, 0.6) is 5.75 Å². The quantitative estimate of drug-likeness (QED) is 0.806. The van der Waals surface area contributed by atoms with Crippen molar-refractivity contribution in [3.8, 4) is 11.8 Å². The third-order valence-electron chi connectivity index (χ3n) is 2.50. The first kappa shape index (κ1) is 13.1. The van der Waals surface area contributed by atoms with Crippen molar-refractivity contribution in [3.05, 3.63) is 59.7 Å². The van der Waals surface area contributed by atoms with Crippen LogP contribution in [0.15, 0.2) is 53.4 Å². The van der Waals surface area contributed by atoms with E-state index in [1.807, 2.05) is 13.0 Å². The summed E-state index contributed by atoms with van der Waals surface area (Å²) in [5.41, 5.74) is 1.41. The maximum atomic E-state index is 12.0. The van der Waals surface area contributed by atoms with Crippen LogP contribution >= 0.6 is 0 Å². The molecular formula is C14H11NO3S. The molecule has 0 unspecified atom stereocenters. The zero-order valence-electron chi connectivity index (χ0n) is 10.2. The number of aryl methyl sites for hydroxylation is 1. The third-order valence-corrected chi connectivity index (χ3v) is 3.76. The molecule has 2 rings (SSSR count). The van der Waals surface area contributed by atoms with Crippen molar-refractivity contribution < 1.29 is 12.6 Å². The van der Waals surface area contributed by atoms with Crippen molar-refractivity contribution in [1.29, 1.82) is 5.26 Å². The van der Waals surface area contributed by atoms with Crippen LogP contribution in [0.1, 0.15) is 11.1 Å². The lowest BCUT2D eigenvalue weighted by Gasteiger charge is -2.07. The van der Waals surface area contributed by atoms with Crippen LogP contribution in [0.3, 0.4) is 0 Å². The van der Waals surface area contributed by atoms with Gasteiger partial charge in [-0.2, -0.15) is 13.7 Å². The van der Waals surface area contributed by atoms with E-state index >= 15 is 0 Å². The van der Waals surface area contributed by atoms with Crippen LogP contribution in [0.4, 0.5) is 0 Å².